The molecule has 1 aliphatic heterocycles. The molecule has 1 fully saturated rings. The Kier molecular flexibility index (Phi) is 6.49. The number of piperidine rings is 1. The molecule has 1 aromatic rings. The fourth-order valence-corrected chi connectivity index (χ4v) is 2.46. The highest BCUT2D eigenvalue weighted by Gasteiger charge is 2.11. The Morgan fingerprint density at radius 1 is 1.14 bits per heavy atom. The van der Waals surface area contributed by atoms with E-state index in [1.807, 2.05) is 0 Å². The second kappa shape index (κ2) is 8.63. The molecular weight excluding hydrogens is 268 g/mol. The van der Waals surface area contributed by atoms with Crippen LogP contribution in [0.2, 0.25) is 0 Å². The maximum Gasteiger partial charge on any atom is 0.154 e. The summed E-state index contributed by atoms with van der Waals surface area (Å²) in [5, 5.41) is 6.44. The largest absolute Gasteiger partial charge is 0.393 e. The Labute approximate surface area is 126 Å². The van der Waals surface area contributed by atoms with E-state index in [0.29, 0.717) is 30.5 Å². The van der Waals surface area contributed by atoms with Crippen LogP contribution in [-0.2, 0) is 4.74 Å². The number of methoxy groups -OCH3 is 1. The van der Waals surface area contributed by atoms with E-state index in [1.54, 1.807) is 7.11 Å². The fourth-order valence-electron chi connectivity index (χ4n) is 2.46. The number of aromatic nitrogens is 2. The third-order valence-electron chi connectivity index (χ3n) is 3.65. The zero-order valence-corrected chi connectivity index (χ0v) is 12.8. The second-order valence-electron chi connectivity index (χ2n) is 5.23. The highest BCUT2D eigenvalue weighted by molar-refractivity contribution is 5.73. The van der Waals surface area contributed by atoms with Crippen molar-refractivity contribution in [2.75, 3.05) is 62.8 Å². The Bertz CT molecular complexity index is 422. The van der Waals surface area contributed by atoms with Crippen molar-refractivity contribution < 1.29 is 4.74 Å². The molecule has 0 atom stereocenters. The van der Waals surface area contributed by atoms with Crippen LogP contribution >= 0.6 is 0 Å². The van der Waals surface area contributed by atoms with Crippen molar-refractivity contribution in [2.24, 2.45) is 0 Å². The predicted molar refractivity (Wildman–Crippen MR) is 85.6 cm³/mol. The maximum absolute atomic E-state index is 6.08. The standard InChI is InChI=1S/C14H26N6O/c1-21-10-6-17-14-12(15)13(18-11-19-14)16-5-9-20-7-3-2-4-8-20/h11H,2-10,15H2,1H3,(H2,16,17,18,19). The van der Waals surface area contributed by atoms with E-state index in [9.17, 15) is 0 Å². The van der Waals surface area contributed by atoms with Crippen LogP contribution in [0.3, 0.4) is 0 Å². The molecule has 118 valence electrons. The molecule has 1 saturated heterocycles. The van der Waals surface area contributed by atoms with Crippen molar-refractivity contribution in [1.82, 2.24) is 14.9 Å². The van der Waals surface area contributed by atoms with Crippen molar-refractivity contribution in [3.8, 4) is 0 Å². The van der Waals surface area contributed by atoms with Gasteiger partial charge in [-0.2, -0.15) is 0 Å². The van der Waals surface area contributed by atoms with E-state index < -0.39 is 0 Å². The third kappa shape index (κ3) is 5.02. The number of nitrogens with two attached hydrogens (primary N) is 1. The Morgan fingerprint density at radius 2 is 1.81 bits per heavy atom. The summed E-state index contributed by atoms with van der Waals surface area (Å²) in [6.45, 7) is 5.55. The van der Waals surface area contributed by atoms with Gasteiger partial charge >= 0.3 is 0 Å². The van der Waals surface area contributed by atoms with E-state index in [-0.39, 0.29) is 0 Å². The molecule has 0 unspecified atom stereocenters. The van der Waals surface area contributed by atoms with Gasteiger partial charge in [-0.15, -0.1) is 0 Å². The molecule has 0 saturated carbocycles. The number of nitrogen functional groups attached to an aromatic ring is 1. The summed E-state index contributed by atoms with van der Waals surface area (Å²) >= 11 is 0. The monoisotopic (exact) mass is 294 g/mol. The Morgan fingerprint density at radius 3 is 2.48 bits per heavy atom. The number of nitrogens with one attached hydrogen (secondary N) is 2. The summed E-state index contributed by atoms with van der Waals surface area (Å²) < 4.78 is 5.00. The van der Waals surface area contributed by atoms with Crippen molar-refractivity contribution in [3.05, 3.63) is 6.33 Å². The number of likely N-dealkylation sites (tertiary alicyclic amines) is 1. The maximum atomic E-state index is 6.08. The summed E-state index contributed by atoms with van der Waals surface area (Å²) in [4.78, 5) is 10.8. The molecule has 1 aliphatic rings. The quantitative estimate of drug-likeness (QED) is 0.617. The second-order valence-corrected chi connectivity index (χ2v) is 5.23. The summed E-state index contributed by atoms with van der Waals surface area (Å²) in [5.41, 5.74) is 6.64. The normalized spacial score (nSPS) is 15.9. The molecule has 1 aromatic heterocycles. The number of ether oxygens (including phenoxy) is 1. The van der Waals surface area contributed by atoms with E-state index >= 15 is 0 Å². The first kappa shape index (κ1) is 15.8. The highest BCUT2D eigenvalue weighted by Crippen LogP contribution is 2.21. The van der Waals surface area contributed by atoms with Crippen LogP contribution < -0.4 is 16.4 Å². The van der Waals surface area contributed by atoms with E-state index in [1.165, 1.54) is 38.7 Å². The highest BCUT2D eigenvalue weighted by atomic mass is 16.5. The molecule has 0 aliphatic carbocycles. The minimum absolute atomic E-state index is 0.562. The first-order valence-corrected chi connectivity index (χ1v) is 7.61. The fraction of sp³-hybridized carbons (Fsp3) is 0.714. The van der Waals surface area contributed by atoms with Gasteiger partial charge < -0.3 is 26.0 Å². The first-order chi connectivity index (χ1) is 10.3. The van der Waals surface area contributed by atoms with Crippen LogP contribution in [0.5, 0.6) is 0 Å². The number of nitrogens with zero attached hydrogens (tertiary/aromatic N) is 3. The van der Waals surface area contributed by atoms with Gasteiger partial charge in [0.15, 0.2) is 11.6 Å². The van der Waals surface area contributed by atoms with E-state index in [4.69, 9.17) is 10.5 Å². The van der Waals surface area contributed by atoms with E-state index in [0.717, 1.165) is 13.1 Å². The van der Waals surface area contributed by atoms with Crippen molar-refractivity contribution in [1.29, 1.82) is 0 Å². The summed E-state index contributed by atoms with van der Waals surface area (Å²) in [6.07, 6.45) is 5.50. The van der Waals surface area contributed by atoms with Gasteiger partial charge in [-0.3, -0.25) is 0 Å². The smallest absolute Gasteiger partial charge is 0.154 e. The number of hydrogen-bond donors (Lipinski definition) is 3. The van der Waals surface area contributed by atoms with Gasteiger partial charge in [-0.25, -0.2) is 9.97 Å². The minimum atomic E-state index is 0.562. The average molecular weight is 294 g/mol. The molecule has 0 aromatic carbocycles. The third-order valence-corrected chi connectivity index (χ3v) is 3.65. The van der Waals surface area contributed by atoms with Crippen LogP contribution in [-0.4, -0.2) is 61.3 Å². The van der Waals surface area contributed by atoms with E-state index in [2.05, 4.69) is 25.5 Å². The Balaban J connectivity index is 1.80. The Hall–Kier alpha value is -1.60. The lowest BCUT2D eigenvalue weighted by molar-refractivity contribution is 0.210. The van der Waals surface area contributed by atoms with Crippen LogP contribution in [0.25, 0.3) is 0 Å². The van der Waals surface area contributed by atoms with Crippen LogP contribution in [0.1, 0.15) is 19.3 Å². The molecule has 21 heavy (non-hydrogen) atoms. The topological polar surface area (TPSA) is 88.3 Å². The van der Waals surface area contributed by atoms with Gasteiger partial charge in [0.05, 0.1) is 6.61 Å². The van der Waals surface area contributed by atoms with Crippen LogP contribution in [0.4, 0.5) is 17.3 Å². The molecule has 0 radical (unpaired) electrons. The van der Waals surface area contributed by atoms with Crippen LogP contribution in [0, 0.1) is 0 Å². The average Bonchev–Trinajstić information content (AvgIpc) is 2.52. The zero-order chi connectivity index (χ0) is 14.9. The van der Waals surface area contributed by atoms with Gasteiger partial charge in [0.2, 0.25) is 0 Å². The van der Waals surface area contributed by atoms with Crippen molar-refractivity contribution in [3.63, 3.8) is 0 Å². The predicted octanol–water partition coefficient (Wildman–Crippen LogP) is 1.01. The lowest BCUT2D eigenvalue weighted by Crippen LogP contribution is -2.33. The zero-order valence-electron chi connectivity index (χ0n) is 12.8. The molecule has 4 N–H and O–H groups in total. The lowest BCUT2D eigenvalue weighted by Gasteiger charge is -2.26. The molecule has 7 nitrogen and oxygen atoms in total. The van der Waals surface area contributed by atoms with Gasteiger partial charge in [0.25, 0.3) is 0 Å². The molecule has 2 heterocycles. The summed E-state index contributed by atoms with van der Waals surface area (Å²) in [6, 6.07) is 0. The van der Waals surface area contributed by atoms with Gasteiger partial charge in [0.1, 0.15) is 12.0 Å². The SMILES string of the molecule is COCCNc1ncnc(NCCN2CCCCC2)c1N. The minimum Gasteiger partial charge on any atom is -0.393 e. The number of rotatable bonds is 8. The summed E-state index contributed by atoms with van der Waals surface area (Å²) in [7, 11) is 1.67. The van der Waals surface area contributed by atoms with Crippen LogP contribution in [0.15, 0.2) is 6.33 Å². The molecule has 0 amide bonds. The first-order valence-electron chi connectivity index (χ1n) is 7.61. The molecular formula is C14H26N6O. The van der Waals surface area contributed by atoms with Gasteiger partial charge in [-0.1, -0.05) is 6.42 Å². The molecule has 0 bridgehead atoms. The number of anilines is 3. The van der Waals surface area contributed by atoms with Crippen molar-refractivity contribution in [2.45, 2.75) is 19.3 Å². The molecule has 7 heteroatoms. The van der Waals surface area contributed by atoms with Crippen molar-refractivity contribution >= 4 is 17.3 Å². The lowest BCUT2D eigenvalue weighted by atomic mass is 10.1. The molecule has 0 spiro atoms. The summed E-state index contributed by atoms with van der Waals surface area (Å²) in [5.74, 6) is 1.35. The van der Waals surface area contributed by atoms with Gasteiger partial charge in [-0.05, 0) is 25.9 Å². The number of hydrogen-bond acceptors (Lipinski definition) is 7. The molecule has 2 rings (SSSR count). The van der Waals surface area contributed by atoms with Gasteiger partial charge in [0, 0.05) is 26.7 Å².